The Morgan fingerprint density at radius 2 is 1.20 bits per heavy atom. The maximum Gasteiger partial charge on any atom is 0.339 e. The fourth-order valence-electron chi connectivity index (χ4n) is 5.74. The highest BCUT2D eigenvalue weighted by Crippen LogP contribution is 2.53. The van der Waals surface area contributed by atoms with Crippen LogP contribution in [-0.2, 0) is 4.74 Å². The molecule has 0 unspecified atom stereocenters. The summed E-state index contributed by atoms with van der Waals surface area (Å²) in [5, 5.41) is 23.5. The zero-order valence-electron chi connectivity index (χ0n) is 27.8. The van der Waals surface area contributed by atoms with Crippen molar-refractivity contribution >= 4 is 22.5 Å². The van der Waals surface area contributed by atoms with Crippen LogP contribution in [-0.4, -0.2) is 64.6 Å². The molecule has 0 bridgehead atoms. The molecule has 4 aromatic carbocycles. The van der Waals surface area contributed by atoms with Crippen LogP contribution in [0, 0.1) is 0 Å². The van der Waals surface area contributed by atoms with E-state index >= 15 is 0 Å². The number of hydrogen-bond acceptors (Lipinski definition) is 10. The van der Waals surface area contributed by atoms with Crippen molar-refractivity contribution in [2.75, 3.05) is 42.7 Å². The van der Waals surface area contributed by atoms with Crippen LogP contribution in [0.25, 0.3) is 21.9 Å². The number of phenols is 2. The summed E-state index contributed by atoms with van der Waals surface area (Å²) in [7, 11) is 8.45. The van der Waals surface area contributed by atoms with E-state index in [0.717, 1.165) is 0 Å². The van der Waals surface area contributed by atoms with Gasteiger partial charge in [0, 0.05) is 21.9 Å². The van der Waals surface area contributed by atoms with Crippen molar-refractivity contribution in [1.82, 2.24) is 0 Å². The summed E-state index contributed by atoms with van der Waals surface area (Å²) in [6.45, 7) is 7.62. The molecule has 0 amide bonds. The SMILES string of the molecule is COC(=O)c1c(C(=O)c2cc(C(C)C)c(O)c(C(C)C)c2)c(O)c2cc(OC)c(OC)c(OC)c2c1-c1ccc(OC)c(OC)c1. The van der Waals surface area contributed by atoms with Gasteiger partial charge in [0.2, 0.25) is 5.75 Å². The number of ether oxygens (including phenoxy) is 6. The molecule has 0 aliphatic carbocycles. The minimum absolute atomic E-state index is 0.102. The van der Waals surface area contributed by atoms with Gasteiger partial charge in [-0.15, -0.1) is 0 Å². The normalized spacial score (nSPS) is 11.1. The van der Waals surface area contributed by atoms with E-state index in [1.807, 2.05) is 27.7 Å². The van der Waals surface area contributed by atoms with E-state index in [1.54, 1.807) is 30.3 Å². The fraction of sp³-hybridized carbons (Fsp3) is 0.333. The highest BCUT2D eigenvalue weighted by molar-refractivity contribution is 6.25. The Morgan fingerprint density at radius 3 is 1.67 bits per heavy atom. The van der Waals surface area contributed by atoms with E-state index in [9.17, 15) is 19.8 Å². The van der Waals surface area contributed by atoms with Gasteiger partial charge in [0.15, 0.2) is 28.8 Å². The molecular formula is C36H40O10. The van der Waals surface area contributed by atoms with Gasteiger partial charge >= 0.3 is 5.97 Å². The first-order valence-corrected chi connectivity index (χ1v) is 14.6. The molecule has 0 aliphatic heterocycles. The zero-order valence-corrected chi connectivity index (χ0v) is 27.8. The predicted molar refractivity (Wildman–Crippen MR) is 175 cm³/mol. The Labute approximate surface area is 268 Å². The van der Waals surface area contributed by atoms with E-state index in [2.05, 4.69) is 0 Å². The molecule has 0 heterocycles. The first kappa shape index (κ1) is 33.8. The third-order valence-electron chi connectivity index (χ3n) is 8.04. The highest BCUT2D eigenvalue weighted by atomic mass is 16.5. The third kappa shape index (κ3) is 5.59. The number of rotatable bonds is 11. The molecule has 0 fully saturated rings. The van der Waals surface area contributed by atoms with Crippen LogP contribution in [0.5, 0.6) is 40.2 Å². The van der Waals surface area contributed by atoms with E-state index < -0.39 is 17.5 Å². The average Bonchev–Trinajstić information content (AvgIpc) is 3.05. The fourth-order valence-corrected chi connectivity index (χ4v) is 5.74. The van der Waals surface area contributed by atoms with Crippen LogP contribution in [0.1, 0.15) is 76.9 Å². The monoisotopic (exact) mass is 632 g/mol. The van der Waals surface area contributed by atoms with Gasteiger partial charge in [0.25, 0.3) is 0 Å². The number of benzene rings is 4. The summed E-state index contributed by atoms with van der Waals surface area (Å²) < 4.78 is 33.3. The van der Waals surface area contributed by atoms with Gasteiger partial charge < -0.3 is 38.6 Å². The van der Waals surface area contributed by atoms with Gasteiger partial charge in [0.1, 0.15) is 11.5 Å². The van der Waals surface area contributed by atoms with Crippen molar-refractivity contribution in [3.05, 3.63) is 64.2 Å². The van der Waals surface area contributed by atoms with Gasteiger partial charge in [-0.25, -0.2) is 4.79 Å². The number of phenolic OH excluding ortho intramolecular Hbond substituents is 2. The molecule has 0 atom stereocenters. The summed E-state index contributed by atoms with van der Waals surface area (Å²) in [6, 6.07) is 9.69. The number of carbonyl (C=O) groups is 2. The molecule has 2 N–H and O–H groups in total. The molecule has 244 valence electrons. The van der Waals surface area contributed by atoms with Crippen molar-refractivity contribution in [2.45, 2.75) is 39.5 Å². The van der Waals surface area contributed by atoms with Gasteiger partial charge in [-0.05, 0) is 58.9 Å². The lowest BCUT2D eigenvalue weighted by Gasteiger charge is -2.23. The van der Waals surface area contributed by atoms with Crippen LogP contribution in [0.15, 0.2) is 36.4 Å². The van der Waals surface area contributed by atoms with Crippen LogP contribution >= 0.6 is 0 Å². The van der Waals surface area contributed by atoms with E-state index in [1.165, 1.54) is 48.7 Å². The number of aromatic hydroxyl groups is 2. The molecule has 0 spiro atoms. The highest BCUT2D eigenvalue weighted by Gasteiger charge is 2.34. The Morgan fingerprint density at radius 1 is 0.630 bits per heavy atom. The summed E-state index contributed by atoms with van der Waals surface area (Å²) in [5.41, 5.74) is 1.43. The maximum atomic E-state index is 14.7. The minimum Gasteiger partial charge on any atom is -0.507 e. The molecule has 10 nitrogen and oxygen atoms in total. The van der Waals surface area contributed by atoms with Crippen molar-refractivity contribution in [3.8, 4) is 51.4 Å². The second-order valence-corrected chi connectivity index (χ2v) is 11.2. The smallest absolute Gasteiger partial charge is 0.339 e. The largest absolute Gasteiger partial charge is 0.507 e. The van der Waals surface area contributed by atoms with E-state index in [4.69, 9.17) is 28.4 Å². The molecule has 4 aromatic rings. The molecule has 0 aliphatic rings. The molecule has 4 rings (SSSR count). The van der Waals surface area contributed by atoms with Gasteiger partial charge in [-0.2, -0.15) is 0 Å². The maximum absolute atomic E-state index is 14.7. The van der Waals surface area contributed by atoms with Gasteiger partial charge in [0.05, 0.1) is 53.8 Å². The Hall–Kier alpha value is -5.12. The molecule has 0 radical (unpaired) electrons. The first-order chi connectivity index (χ1) is 21.9. The summed E-state index contributed by atoms with van der Waals surface area (Å²) in [4.78, 5) is 28.5. The van der Waals surface area contributed by atoms with Gasteiger partial charge in [-0.1, -0.05) is 33.8 Å². The summed E-state index contributed by atoms with van der Waals surface area (Å²) in [6.07, 6.45) is 0. The standard InChI is InChI=1S/C36H40O10/c1-17(2)21-13-20(14-22(18(3)4)32(21)38)31(37)30-29(36(40)46-10)27(19-11-12-24(41-5)25(15-19)42-6)28-23(33(30)39)16-26(43-7)34(44-8)35(28)45-9/h11-18,38-39H,1-10H3. The van der Waals surface area contributed by atoms with E-state index in [0.29, 0.717) is 28.2 Å². The van der Waals surface area contributed by atoms with Crippen LogP contribution in [0.3, 0.4) is 0 Å². The second kappa shape index (κ2) is 13.5. The van der Waals surface area contributed by atoms with Crippen LogP contribution in [0.2, 0.25) is 0 Å². The number of ketones is 1. The molecule has 0 aromatic heterocycles. The lowest BCUT2D eigenvalue weighted by atomic mass is 9.83. The Kier molecular flexibility index (Phi) is 9.89. The Balaban J connectivity index is 2.30. The second-order valence-electron chi connectivity index (χ2n) is 11.2. The lowest BCUT2D eigenvalue weighted by Crippen LogP contribution is -2.15. The lowest BCUT2D eigenvalue weighted by molar-refractivity contribution is 0.0598. The summed E-state index contributed by atoms with van der Waals surface area (Å²) >= 11 is 0. The molecular weight excluding hydrogens is 592 g/mol. The van der Waals surface area contributed by atoms with Gasteiger partial charge in [-0.3, -0.25) is 4.79 Å². The van der Waals surface area contributed by atoms with Crippen molar-refractivity contribution in [2.24, 2.45) is 0 Å². The third-order valence-corrected chi connectivity index (χ3v) is 8.04. The first-order valence-electron chi connectivity index (χ1n) is 14.6. The number of carbonyl (C=O) groups excluding carboxylic acids is 2. The predicted octanol–water partition coefficient (Wildman–Crippen LogP) is 7.23. The number of esters is 1. The molecule has 46 heavy (non-hydrogen) atoms. The molecule has 0 saturated carbocycles. The Bertz CT molecular complexity index is 1790. The van der Waals surface area contributed by atoms with Crippen LogP contribution < -0.4 is 23.7 Å². The number of methoxy groups -OCH3 is 6. The topological polar surface area (TPSA) is 130 Å². The molecule has 10 heteroatoms. The van der Waals surface area contributed by atoms with Crippen molar-refractivity contribution in [1.29, 1.82) is 0 Å². The average molecular weight is 633 g/mol. The number of hydrogen-bond donors (Lipinski definition) is 2. The minimum atomic E-state index is -0.880. The van der Waals surface area contributed by atoms with E-state index in [-0.39, 0.29) is 67.9 Å². The molecule has 0 saturated heterocycles. The van der Waals surface area contributed by atoms with Crippen molar-refractivity contribution in [3.63, 3.8) is 0 Å². The summed E-state index contributed by atoms with van der Waals surface area (Å²) in [5.74, 6) is -0.817. The number of fused-ring (bicyclic) bond motifs is 1. The zero-order chi connectivity index (χ0) is 34.0. The quantitative estimate of drug-likeness (QED) is 0.129. The van der Waals surface area contributed by atoms with Crippen molar-refractivity contribution < 1.29 is 48.2 Å². The van der Waals surface area contributed by atoms with Crippen LogP contribution in [0.4, 0.5) is 0 Å².